The van der Waals surface area contributed by atoms with Gasteiger partial charge in [-0.15, -0.1) is 0 Å². The summed E-state index contributed by atoms with van der Waals surface area (Å²) in [6.45, 7) is -0.270. The molecule has 0 unspecified atom stereocenters. The predicted octanol–water partition coefficient (Wildman–Crippen LogP) is 1.77. The lowest BCUT2D eigenvalue weighted by Crippen LogP contribution is -2.36. The third-order valence-corrected chi connectivity index (χ3v) is 3.56. The zero-order valence-corrected chi connectivity index (χ0v) is 13.9. The van der Waals surface area contributed by atoms with Crippen molar-refractivity contribution in [3.05, 3.63) is 47.8 Å². The minimum absolute atomic E-state index is 0.129. The maximum absolute atomic E-state index is 12.7. The minimum Gasteiger partial charge on any atom is -0.497 e. The first-order valence-corrected chi connectivity index (χ1v) is 7.29. The van der Waals surface area contributed by atoms with E-state index in [0.717, 1.165) is 5.56 Å². The van der Waals surface area contributed by atoms with E-state index in [1.807, 2.05) is 0 Å². The molecule has 1 heterocycles. The number of hydrogen-bond acceptors (Lipinski definition) is 4. The molecule has 0 fully saturated rings. The molecular formula is C17H20N2O5. The van der Waals surface area contributed by atoms with Crippen molar-refractivity contribution in [2.45, 2.75) is 6.54 Å². The van der Waals surface area contributed by atoms with Crippen LogP contribution in [-0.2, 0) is 18.4 Å². The Labute approximate surface area is 140 Å². The van der Waals surface area contributed by atoms with Gasteiger partial charge in [-0.1, -0.05) is 0 Å². The number of aryl methyl sites for hydroxylation is 1. The van der Waals surface area contributed by atoms with E-state index < -0.39 is 12.5 Å². The van der Waals surface area contributed by atoms with Crippen molar-refractivity contribution in [1.82, 2.24) is 9.47 Å². The lowest BCUT2D eigenvalue weighted by atomic mass is 10.1. The molecule has 0 saturated heterocycles. The van der Waals surface area contributed by atoms with Crippen molar-refractivity contribution in [2.75, 3.05) is 20.8 Å². The van der Waals surface area contributed by atoms with Gasteiger partial charge < -0.3 is 24.0 Å². The number of carbonyl (C=O) groups excluding carboxylic acids is 1. The Balaban J connectivity index is 2.31. The van der Waals surface area contributed by atoms with Crippen LogP contribution in [0.15, 0.2) is 36.5 Å². The Kier molecular flexibility index (Phi) is 5.47. The molecule has 1 N–H and O–H groups in total. The normalized spacial score (nSPS) is 10.3. The van der Waals surface area contributed by atoms with Crippen molar-refractivity contribution in [1.29, 1.82) is 0 Å². The summed E-state index contributed by atoms with van der Waals surface area (Å²) in [5.74, 6) is -0.281. The average Bonchev–Trinajstić information content (AvgIpc) is 2.98. The molecular weight excluding hydrogens is 312 g/mol. The van der Waals surface area contributed by atoms with E-state index in [-0.39, 0.29) is 12.5 Å². The van der Waals surface area contributed by atoms with E-state index in [2.05, 4.69) is 0 Å². The number of amides is 1. The molecule has 1 aromatic heterocycles. The van der Waals surface area contributed by atoms with Gasteiger partial charge in [0.2, 0.25) is 0 Å². The Morgan fingerprint density at radius 2 is 1.79 bits per heavy atom. The van der Waals surface area contributed by atoms with Gasteiger partial charge >= 0.3 is 5.97 Å². The van der Waals surface area contributed by atoms with Crippen molar-refractivity contribution >= 4 is 11.9 Å². The molecule has 0 radical (unpaired) electrons. The fraction of sp³-hybridized carbons (Fsp3) is 0.294. The van der Waals surface area contributed by atoms with Crippen LogP contribution >= 0.6 is 0 Å². The average molecular weight is 332 g/mol. The lowest BCUT2D eigenvalue weighted by molar-refractivity contribution is -0.137. The standard InChI is InChI=1S/C17H20N2O5/c1-18-6-4-5-15(18)17(22)19(11-16(20)21)10-12-7-13(23-2)9-14(8-12)24-3/h4-9H,10-11H2,1-3H3,(H,20,21). The number of hydrogen-bond donors (Lipinski definition) is 1. The summed E-state index contributed by atoms with van der Waals surface area (Å²) in [6.07, 6.45) is 1.74. The van der Waals surface area contributed by atoms with Crippen LogP contribution in [0.3, 0.4) is 0 Å². The van der Waals surface area contributed by atoms with Crippen LogP contribution in [0, 0.1) is 0 Å². The minimum atomic E-state index is -1.08. The Morgan fingerprint density at radius 3 is 2.25 bits per heavy atom. The molecule has 7 nitrogen and oxygen atoms in total. The maximum atomic E-state index is 12.7. The lowest BCUT2D eigenvalue weighted by Gasteiger charge is -2.21. The van der Waals surface area contributed by atoms with Crippen LogP contribution in [0.5, 0.6) is 11.5 Å². The zero-order chi connectivity index (χ0) is 17.7. The van der Waals surface area contributed by atoms with Crippen LogP contribution in [0.4, 0.5) is 0 Å². The Bertz CT molecular complexity index is 716. The number of carboxylic acid groups (broad SMARTS) is 1. The van der Waals surface area contributed by atoms with Crippen LogP contribution in [0.1, 0.15) is 16.1 Å². The number of aliphatic carboxylic acids is 1. The highest BCUT2D eigenvalue weighted by molar-refractivity contribution is 5.94. The number of nitrogens with zero attached hydrogens (tertiary/aromatic N) is 2. The molecule has 24 heavy (non-hydrogen) atoms. The largest absolute Gasteiger partial charge is 0.497 e. The fourth-order valence-electron chi connectivity index (χ4n) is 2.39. The Hall–Kier alpha value is -2.96. The first-order chi connectivity index (χ1) is 11.4. The zero-order valence-electron chi connectivity index (χ0n) is 13.9. The molecule has 0 aliphatic heterocycles. The highest BCUT2D eigenvalue weighted by atomic mass is 16.5. The summed E-state index contributed by atoms with van der Waals surface area (Å²) in [5.41, 5.74) is 1.14. The van der Waals surface area contributed by atoms with Crippen LogP contribution in [0.25, 0.3) is 0 Å². The molecule has 2 aromatic rings. The first-order valence-electron chi connectivity index (χ1n) is 7.29. The summed E-state index contributed by atoms with van der Waals surface area (Å²) in [4.78, 5) is 25.1. The molecule has 2 rings (SSSR count). The summed E-state index contributed by atoms with van der Waals surface area (Å²) in [6, 6.07) is 8.60. The van der Waals surface area contributed by atoms with Crippen LogP contribution in [-0.4, -0.2) is 47.2 Å². The summed E-state index contributed by atoms with van der Waals surface area (Å²) in [7, 11) is 4.80. The summed E-state index contributed by atoms with van der Waals surface area (Å²) >= 11 is 0. The van der Waals surface area contributed by atoms with Gasteiger partial charge in [0.1, 0.15) is 23.7 Å². The second-order valence-electron chi connectivity index (χ2n) is 5.28. The van der Waals surface area contributed by atoms with Crippen molar-refractivity contribution in [3.8, 4) is 11.5 Å². The highest BCUT2D eigenvalue weighted by Crippen LogP contribution is 2.24. The molecule has 0 bridgehead atoms. The number of carboxylic acids is 1. The summed E-state index contributed by atoms with van der Waals surface area (Å²) in [5, 5.41) is 9.13. The third kappa shape index (κ3) is 4.07. The number of benzene rings is 1. The highest BCUT2D eigenvalue weighted by Gasteiger charge is 2.21. The predicted molar refractivity (Wildman–Crippen MR) is 87.3 cm³/mol. The smallest absolute Gasteiger partial charge is 0.323 e. The second-order valence-corrected chi connectivity index (χ2v) is 5.28. The molecule has 7 heteroatoms. The van der Waals surface area contributed by atoms with E-state index in [0.29, 0.717) is 17.2 Å². The third-order valence-electron chi connectivity index (χ3n) is 3.56. The maximum Gasteiger partial charge on any atom is 0.323 e. The van der Waals surface area contributed by atoms with E-state index in [9.17, 15) is 9.59 Å². The van der Waals surface area contributed by atoms with E-state index in [1.54, 1.807) is 48.1 Å². The van der Waals surface area contributed by atoms with Gasteiger partial charge in [-0.3, -0.25) is 9.59 Å². The van der Waals surface area contributed by atoms with Crippen molar-refractivity contribution in [2.24, 2.45) is 7.05 Å². The van der Waals surface area contributed by atoms with Crippen LogP contribution < -0.4 is 9.47 Å². The van der Waals surface area contributed by atoms with E-state index in [4.69, 9.17) is 14.6 Å². The number of carbonyl (C=O) groups is 2. The van der Waals surface area contributed by atoms with Crippen molar-refractivity contribution < 1.29 is 24.2 Å². The SMILES string of the molecule is COc1cc(CN(CC(=O)O)C(=O)c2cccn2C)cc(OC)c1. The van der Waals surface area contributed by atoms with Crippen LogP contribution in [0.2, 0.25) is 0 Å². The first kappa shape index (κ1) is 17.4. The number of methoxy groups -OCH3 is 2. The molecule has 1 amide bonds. The van der Waals surface area contributed by atoms with Gasteiger partial charge in [0, 0.05) is 25.9 Å². The molecule has 0 atom stereocenters. The van der Waals surface area contributed by atoms with E-state index >= 15 is 0 Å². The number of rotatable bonds is 7. The molecule has 0 aliphatic rings. The molecule has 0 aliphatic carbocycles. The van der Waals surface area contributed by atoms with Gasteiger partial charge in [-0.25, -0.2) is 0 Å². The second kappa shape index (κ2) is 7.54. The monoisotopic (exact) mass is 332 g/mol. The molecule has 0 saturated carbocycles. The van der Waals surface area contributed by atoms with Crippen molar-refractivity contribution in [3.63, 3.8) is 0 Å². The Morgan fingerprint density at radius 1 is 1.17 bits per heavy atom. The number of aromatic nitrogens is 1. The molecule has 128 valence electrons. The summed E-state index contributed by atoms with van der Waals surface area (Å²) < 4.78 is 12.1. The van der Waals surface area contributed by atoms with Gasteiger partial charge in [0.25, 0.3) is 5.91 Å². The molecule has 0 spiro atoms. The van der Waals surface area contributed by atoms with Gasteiger partial charge in [-0.2, -0.15) is 0 Å². The fourth-order valence-corrected chi connectivity index (χ4v) is 2.39. The van der Waals surface area contributed by atoms with E-state index in [1.165, 1.54) is 19.1 Å². The van der Waals surface area contributed by atoms with Gasteiger partial charge in [0.05, 0.1) is 14.2 Å². The topological polar surface area (TPSA) is 81.0 Å². The quantitative estimate of drug-likeness (QED) is 0.836. The van der Waals surface area contributed by atoms with Gasteiger partial charge in [0.15, 0.2) is 0 Å². The number of ether oxygens (including phenoxy) is 2. The van der Waals surface area contributed by atoms with Gasteiger partial charge in [-0.05, 0) is 29.8 Å². The molecule has 1 aromatic carbocycles.